The Bertz CT molecular complexity index is 919. The van der Waals surface area contributed by atoms with Crippen molar-refractivity contribution in [2.75, 3.05) is 0 Å². The van der Waals surface area contributed by atoms with E-state index >= 15 is 0 Å². The first-order valence-electron chi connectivity index (χ1n) is 8.20. The SMILES string of the molecule is C/C(=[CH]\[Al]([CH3])[CH3])CCc1ccc2ccccc2c1OS(=O)(=O)C(F)(F)F. The number of alkyl halides is 3. The lowest BCUT2D eigenvalue weighted by Crippen LogP contribution is -2.28. The fourth-order valence-electron chi connectivity index (χ4n) is 2.72. The van der Waals surface area contributed by atoms with Crippen molar-refractivity contribution in [3.8, 4) is 5.75 Å². The molecule has 2 rings (SSSR count). The van der Waals surface area contributed by atoms with Gasteiger partial charge < -0.3 is 4.18 Å². The topological polar surface area (TPSA) is 43.4 Å². The van der Waals surface area contributed by atoms with E-state index in [-0.39, 0.29) is 5.75 Å². The van der Waals surface area contributed by atoms with Crippen molar-refractivity contribution in [1.29, 1.82) is 0 Å². The van der Waals surface area contributed by atoms with Crippen molar-refractivity contribution >= 4 is 35.0 Å². The van der Waals surface area contributed by atoms with Gasteiger partial charge in [-0.2, -0.15) is 21.6 Å². The van der Waals surface area contributed by atoms with Crippen LogP contribution >= 0.6 is 0 Å². The van der Waals surface area contributed by atoms with E-state index in [2.05, 4.69) is 20.7 Å². The number of hydrogen-bond acceptors (Lipinski definition) is 3. The molecule has 0 spiro atoms. The zero-order valence-electron chi connectivity index (χ0n) is 14.8. The first kappa shape index (κ1) is 20.8. The lowest BCUT2D eigenvalue weighted by molar-refractivity contribution is -0.0499. The number of hydrogen-bond donors (Lipinski definition) is 0. The Kier molecular flexibility index (Phi) is 6.43. The Hall–Kier alpha value is -1.49. The minimum atomic E-state index is -5.73. The fourth-order valence-corrected chi connectivity index (χ4v) is 4.54. The lowest BCUT2D eigenvalue weighted by atomic mass is 10.0. The third kappa shape index (κ3) is 5.03. The Balaban J connectivity index is 2.47. The van der Waals surface area contributed by atoms with Crippen LogP contribution in [0.25, 0.3) is 10.8 Å². The molecule has 0 aliphatic heterocycles. The maximum Gasteiger partial charge on any atom is 0.534 e. The van der Waals surface area contributed by atoms with Gasteiger partial charge in [0.15, 0.2) is 5.75 Å². The zero-order chi connectivity index (χ0) is 19.5. The van der Waals surface area contributed by atoms with Gasteiger partial charge in [-0.3, -0.25) is 0 Å². The number of allylic oxidation sites excluding steroid dienone is 1. The third-order valence-corrected chi connectivity index (χ3v) is 6.03. The van der Waals surface area contributed by atoms with Crippen LogP contribution in [0, 0.1) is 0 Å². The minimum absolute atomic E-state index is 0.241. The van der Waals surface area contributed by atoms with Crippen LogP contribution in [0.1, 0.15) is 18.9 Å². The Morgan fingerprint density at radius 3 is 2.42 bits per heavy atom. The van der Waals surface area contributed by atoms with Gasteiger partial charge in [-0.1, -0.05) is 42.0 Å². The van der Waals surface area contributed by atoms with Crippen LogP contribution in [-0.2, 0) is 16.5 Å². The molecular formula is C18H20AlF3O3S. The standard InChI is InChI=1S/C16H14F3O3S.2CH3.Al/c1-11(2)7-8-13-10-9-12-5-3-4-6-14(12)15(13)22-23(20,21)16(17,18)19;;;/h1,3-6,9-10H,7-8H2,2H3;2*1H3;. The summed E-state index contributed by atoms with van der Waals surface area (Å²) in [4.78, 5) is 2.20. The van der Waals surface area contributed by atoms with E-state index in [9.17, 15) is 21.6 Å². The van der Waals surface area contributed by atoms with E-state index in [0.717, 1.165) is 5.57 Å². The summed E-state index contributed by atoms with van der Waals surface area (Å²) in [5.41, 5.74) is -3.89. The average Bonchev–Trinajstić information content (AvgIpc) is 2.52. The molecule has 26 heavy (non-hydrogen) atoms. The van der Waals surface area contributed by atoms with Gasteiger partial charge in [0.1, 0.15) is 0 Å². The summed E-state index contributed by atoms with van der Waals surface area (Å²) in [6, 6.07) is 10.0. The molecule has 0 aliphatic carbocycles. The normalized spacial score (nSPS) is 13.1. The van der Waals surface area contributed by atoms with Crippen LogP contribution in [0.4, 0.5) is 13.2 Å². The lowest BCUT2D eigenvalue weighted by Gasteiger charge is -2.15. The number of fused-ring (bicyclic) bond motifs is 1. The van der Waals surface area contributed by atoms with Crippen LogP contribution in [0.2, 0.25) is 11.6 Å². The highest BCUT2D eigenvalue weighted by Gasteiger charge is 2.49. The molecule has 0 heterocycles. The van der Waals surface area contributed by atoms with Crippen molar-refractivity contribution in [3.63, 3.8) is 0 Å². The molecule has 2 aromatic rings. The van der Waals surface area contributed by atoms with Gasteiger partial charge in [-0.15, -0.1) is 16.5 Å². The van der Waals surface area contributed by atoms with Gasteiger partial charge in [0.2, 0.25) is 0 Å². The van der Waals surface area contributed by atoms with Gasteiger partial charge in [-0.05, 0) is 30.7 Å². The van der Waals surface area contributed by atoms with E-state index in [1.807, 2.05) is 6.92 Å². The molecule has 0 radical (unpaired) electrons. The maximum absolute atomic E-state index is 12.8. The van der Waals surface area contributed by atoms with Gasteiger partial charge >= 0.3 is 15.6 Å². The Morgan fingerprint density at radius 1 is 1.15 bits per heavy atom. The monoisotopic (exact) mass is 400 g/mol. The molecule has 2 aromatic carbocycles. The summed E-state index contributed by atoms with van der Waals surface area (Å²) >= 11 is -0.902. The molecule has 0 atom stereocenters. The van der Waals surface area contributed by atoms with Gasteiger partial charge in [0.25, 0.3) is 14.1 Å². The van der Waals surface area contributed by atoms with Crippen LogP contribution < -0.4 is 4.18 Å². The quantitative estimate of drug-likeness (QED) is 0.378. The smallest absolute Gasteiger partial charge is 0.375 e. The molecule has 140 valence electrons. The molecule has 0 bridgehead atoms. The average molecular weight is 400 g/mol. The van der Waals surface area contributed by atoms with Crippen LogP contribution in [-0.4, -0.2) is 28.1 Å². The molecule has 0 amide bonds. The largest absolute Gasteiger partial charge is 0.534 e. The van der Waals surface area contributed by atoms with E-state index in [1.165, 1.54) is 0 Å². The molecule has 0 saturated heterocycles. The van der Waals surface area contributed by atoms with Crippen LogP contribution in [0.3, 0.4) is 0 Å². The second-order valence-corrected chi connectivity index (χ2v) is 10.9. The second kappa shape index (κ2) is 8.03. The third-order valence-electron chi connectivity index (χ3n) is 3.84. The van der Waals surface area contributed by atoms with E-state index in [1.54, 1.807) is 36.4 Å². The van der Waals surface area contributed by atoms with E-state index < -0.39 is 29.8 Å². The van der Waals surface area contributed by atoms with Crippen molar-refractivity contribution < 1.29 is 25.8 Å². The summed E-state index contributed by atoms with van der Waals surface area (Å²) in [6.07, 6.45) is 1.03. The molecule has 0 aliphatic rings. The Labute approximate surface area is 156 Å². The van der Waals surface area contributed by atoms with Crippen molar-refractivity contribution in [1.82, 2.24) is 0 Å². The van der Waals surface area contributed by atoms with Crippen molar-refractivity contribution in [2.45, 2.75) is 36.8 Å². The van der Waals surface area contributed by atoms with Gasteiger partial charge in [-0.25, -0.2) is 0 Å². The summed E-state index contributed by atoms with van der Waals surface area (Å²) in [5.74, 6) is 4.10. The molecule has 3 nitrogen and oxygen atoms in total. The molecule has 0 aromatic heterocycles. The number of benzene rings is 2. The fraction of sp³-hybridized carbons (Fsp3) is 0.333. The predicted molar refractivity (Wildman–Crippen MR) is 99.1 cm³/mol. The van der Waals surface area contributed by atoms with Gasteiger partial charge in [0, 0.05) is 5.39 Å². The molecule has 0 saturated carbocycles. The summed E-state index contributed by atoms with van der Waals surface area (Å²) in [5, 5.41) is 0.961. The van der Waals surface area contributed by atoms with Crippen LogP contribution in [0.5, 0.6) is 5.75 Å². The van der Waals surface area contributed by atoms with Crippen molar-refractivity contribution in [3.05, 3.63) is 52.5 Å². The Morgan fingerprint density at radius 2 is 1.81 bits per heavy atom. The highest BCUT2D eigenvalue weighted by Crippen LogP contribution is 2.35. The first-order valence-corrected chi connectivity index (χ1v) is 12.6. The zero-order valence-corrected chi connectivity index (χ0v) is 16.8. The number of aryl methyl sites for hydroxylation is 1. The summed E-state index contributed by atoms with van der Waals surface area (Å²) in [6.45, 7) is 1.97. The molecule has 0 N–H and O–H groups in total. The maximum atomic E-state index is 12.8. The highest BCUT2D eigenvalue weighted by atomic mass is 32.2. The molecule has 0 unspecified atom stereocenters. The highest BCUT2D eigenvalue weighted by molar-refractivity contribution is 7.88. The first-order chi connectivity index (χ1) is 12.0. The van der Waals surface area contributed by atoms with Gasteiger partial charge in [0.05, 0.1) is 0 Å². The predicted octanol–water partition coefficient (Wildman–Crippen LogP) is 5.24. The minimum Gasteiger partial charge on any atom is -0.375 e. The molecule has 0 fully saturated rings. The van der Waals surface area contributed by atoms with E-state index in [4.69, 9.17) is 0 Å². The summed E-state index contributed by atoms with van der Waals surface area (Å²) in [7, 11) is -5.73. The van der Waals surface area contributed by atoms with Crippen molar-refractivity contribution in [2.24, 2.45) is 0 Å². The summed E-state index contributed by atoms with van der Waals surface area (Å²) < 4.78 is 66.0. The molecule has 8 heteroatoms. The number of rotatable bonds is 6. The van der Waals surface area contributed by atoms with E-state index in [0.29, 0.717) is 29.2 Å². The second-order valence-electron chi connectivity index (χ2n) is 6.52. The van der Waals surface area contributed by atoms with Crippen LogP contribution in [0.15, 0.2) is 46.9 Å². The molecular weight excluding hydrogens is 380 g/mol. The number of halogens is 3.